The van der Waals surface area contributed by atoms with Crippen LogP contribution < -0.4 is 5.43 Å². The zero-order chi connectivity index (χ0) is 17.0. The van der Waals surface area contributed by atoms with Gasteiger partial charge in [0.05, 0.1) is 12.3 Å². The molecule has 1 unspecified atom stereocenters. The van der Waals surface area contributed by atoms with Crippen LogP contribution in [0.3, 0.4) is 0 Å². The van der Waals surface area contributed by atoms with E-state index in [1.807, 2.05) is 35.8 Å². The number of hydrogen-bond acceptors (Lipinski definition) is 3. The van der Waals surface area contributed by atoms with Crippen molar-refractivity contribution in [1.29, 1.82) is 0 Å². The fraction of sp³-hybridized carbons (Fsp3) is 0.222. The zero-order valence-corrected chi connectivity index (χ0v) is 14.7. The van der Waals surface area contributed by atoms with Crippen molar-refractivity contribution in [1.82, 2.24) is 4.57 Å². The van der Waals surface area contributed by atoms with Gasteiger partial charge in [0, 0.05) is 28.3 Å². The fourth-order valence-corrected chi connectivity index (χ4v) is 2.74. The van der Waals surface area contributed by atoms with Crippen LogP contribution in [0.25, 0.3) is 11.3 Å². The van der Waals surface area contributed by atoms with E-state index < -0.39 is 5.97 Å². The molecule has 0 radical (unpaired) electrons. The van der Waals surface area contributed by atoms with Crippen molar-refractivity contribution in [3.05, 3.63) is 69.4 Å². The maximum absolute atomic E-state index is 12.3. The lowest BCUT2D eigenvalue weighted by Crippen LogP contribution is -2.21. The van der Waals surface area contributed by atoms with E-state index in [0.29, 0.717) is 5.69 Å². The van der Waals surface area contributed by atoms with Crippen LogP contribution in [-0.2, 0) is 4.74 Å². The third-order valence-corrected chi connectivity index (χ3v) is 4.20. The van der Waals surface area contributed by atoms with Crippen LogP contribution in [0.15, 0.2) is 58.5 Å². The molecule has 4 nitrogen and oxygen atoms in total. The topological polar surface area (TPSA) is 48.3 Å². The number of carbonyl (C=O) groups excluding carboxylic acids is 1. The Morgan fingerprint density at radius 3 is 2.74 bits per heavy atom. The molecule has 1 heterocycles. The molecule has 0 fully saturated rings. The molecule has 0 aliphatic heterocycles. The van der Waals surface area contributed by atoms with Gasteiger partial charge in [-0.2, -0.15) is 0 Å². The summed E-state index contributed by atoms with van der Waals surface area (Å²) in [5, 5.41) is 0. The molecule has 0 aliphatic carbocycles. The summed E-state index contributed by atoms with van der Waals surface area (Å²) in [7, 11) is 0. The van der Waals surface area contributed by atoms with E-state index in [-0.39, 0.29) is 23.6 Å². The van der Waals surface area contributed by atoms with Gasteiger partial charge < -0.3 is 9.30 Å². The molecule has 1 aromatic carbocycles. The van der Waals surface area contributed by atoms with E-state index >= 15 is 0 Å². The van der Waals surface area contributed by atoms with Gasteiger partial charge in [-0.1, -0.05) is 40.2 Å². The predicted octanol–water partition coefficient (Wildman–Crippen LogP) is 4.20. The lowest BCUT2D eigenvalue weighted by atomic mass is 10.1. The number of aromatic nitrogens is 1. The third kappa shape index (κ3) is 3.62. The molecule has 0 aliphatic rings. The Bertz CT molecular complexity index is 795. The number of benzene rings is 1. The van der Waals surface area contributed by atoms with Gasteiger partial charge in [0.1, 0.15) is 5.56 Å². The Morgan fingerprint density at radius 2 is 2.13 bits per heavy atom. The molecule has 0 amide bonds. The van der Waals surface area contributed by atoms with Gasteiger partial charge in [-0.3, -0.25) is 4.79 Å². The summed E-state index contributed by atoms with van der Waals surface area (Å²) >= 11 is 3.50. The maximum atomic E-state index is 12.3. The Labute approximate surface area is 143 Å². The van der Waals surface area contributed by atoms with E-state index in [1.165, 1.54) is 6.07 Å². The van der Waals surface area contributed by atoms with Crippen molar-refractivity contribution >= 4 is 21.9 Å². The van der Waals surface area contributed by atoms with Gasteiger partial charge in [-0.05, 0) is 19.9 Å². The molecule has 0 spiro atoms. The Kier molecular flexibility index (Phi) is 5.55. The Hall–Kier alpha value is -2.14. The number of nitrogens with zero attached hydrogens (tertiary/aromatic N) is 1. The molecule has 1 aromatic heterocycles. The zero-order valence-electron chi connectivity index (χ0n) is 13.1. The molecule has 1 atom stereocenters. The molecular formula is C18H18BrNO3. The Balaban J connectivity index is 2.70. The van der Waals surface area contributed by atoms with E-state index in [2.05, 4.69) is 22.5 Å². The van der Waals surface area contributed by atoms with Gasteiger partial charge in [0.2, 0.25) is 0 Å². The van der Waals surface area contributed by atoms with E-state index in [9.17, 15) is 9.59 Å². The predicted molar refractivity (Wildman–Crippen MR) is 94.7 cm³/mol. The lowest BCUT2D eigenvalue weighted by Gasteiger charge is -2.19. The summed E-state index contributed by atoms with van der Waals surface area (Å²) in [4.78, 5) is 24.3. The summed E-state index contributed by atoms with van der Waals surface area (Å²) in [6.07, 6.45) is 3.29. The summed E-state index contributed by atoms with van der Waals surface area (Å²) in [6.45, 7) is 7.67. The molecule has 0 saturated carbocycles. The fourth-order valence-electron chi connectivity index (χ4n) is 2.25. The minimum atomic E-state index is -0.610. The largest absolute Gasteiger partial charge is 0.462 e. The van der Waals surface area contributed by atoms with Gasteiger partial charge >= 0.3 is 5.97 Å². The molecular weight excluding hydrogens is 358 g/mol. The average molecular weight is 376 g/mol. The van der Waals surface area contributed by atoms with Crippen molar-refractivity contribution in [2.75, 3.05) is 6.61 Å². The molecule has 0 N–H and O–H groups in total. The van der Waals surface area contributed by atoms with Crippen molar-refractivity contribution in [3.8, 4) is 11.3 Å². The minimum absolute atomic E-state index is 0.0244. The van der Waals surface area contributed by atoms with Crippen molar-refractivity contribution < 1.29 is 9.53 Å². The molecule has 0 saturated heterocycles. The molecule has 5 heteroatoms. The number of ether oxygens (including phenoxy) is 1. The standard InChI is InChI=1S/C18H18BrNO3/c1-4-12(3)20-11-14(18(22)23-5-2)17(21)10-16(20)13-8-6-7-9-15(13)19/h4,6-12H,1,5H2,2-3H3. The van der Waals surface area contributed by atoms with Crippen molar-refractivity contribution in [3.63, 3.8) is 0 Å². The number of allylic oxidation sites excluding steroid dienone is 1. The SMILES string of the molecule is C=CC(C)n1cc(C(=O)OCC)c(=O)cc1-c1ccccc1Br. The highest BCUT2D eigenvalue weighted by Crippen LogP contribution is 2.29. The average Bonchev–Trinajstić information content (AvgIpc) is 2.54. The monoisotopic (exact) mass is 375 g/mol. The molecule has 23 heavy (non-hydrogen) atoms. The smallest absolute Gasteiger partial charge is 0.343 e. The molecule has 0 bridgehead atoms. The number of hydrogen-bond donors (Lipinski definition) is 0. The lowest BCUT2D eigenvalue weighted by molar-refractivity contribution is 0.0524. The van der Waals surface area contributed by atoms with Crippen molar-refractivity contribution in [2.45, 2.75) is 19.9 Å². The van der Waals surface area contributed by atoms with Crippen LogP contribution in [-0.4, -0.2) is 17.1 Å². The van der Waals surface area contributed by atoms with E-state index in [4.69, 9.17) is 4.74 Å². The first-order valence-corrected chi connectivity index (χ1v) is 8.09. The van der Waals surface area contributed by atoms with Crippen LogP contribution in [0.1, 0.15) is 30.2 Å². The van der Waals surface area contributed by atoms with Crippen LogP contribution in [0.5, 0.6) is 0 Å². The van der Waals surface area contributed by atoms with Gasteiger partial charge in [-0.15, -0.1) is 6.58 Å². The number of pyridine rings is 1. The molecule has 120 valence electrons. The van der Waals surface area contributed by atoms with Gasteiger partial charge in [0.15, 0.2) is 5.43 Å². The molecule has 2 rings (SSSR count). The summed E-state index contributed by atoms with van der Waals surface area (Å²) in [5.41, 5.74) is 1.25. The highest BCUT2D eigenvalue weighted by Gasteiger charge is 2.18. The highest BCUT2D eigenvalue weighted by molar-refractivity contribution is 9.10. The summed E-state index contributed by atoms with van der Waals surface area (Å²) < 4.78 is 7.68. The third-order valence-electron chi connectivity index (χ3n) is 3.50. The van der Waals surface area contributed by atoms with E-state index in [1.54, 1.807) is 19.2 Å². The maximum Gasteiger partial charge on any atom is 0.343 e. The van der Waals surface area contributed by atoms with Crippen LogP contribution in [0.2, 0.25) is 0 Å². The van der Waals surface area contributed by atoms with Gasteiger partial charge in [0.25, 0.3) is 0 Å². The Morgan fingerprint density at radius 1 is 1.43 bits per heavy atom. The van der Waals surface area contributed by atoms with E-state index in [0.717, 1.165) is 10.0 Å². The second kappa shape index (κ2) is 7.42. The summed E-state index contributed by atoms with van der Waals surface area (Å²) in [5.74, 6) is -0.610. The molecule has 2 aromatic rings. The second-order valence-corrected chi connectivity index (χ2v) is 5.87. The van der Waals surface area contributed by atoms with Crippen molar-refractivity contribution in [2.24, 2.45) is 0 Å². The highest BCUT2D eigenvalue weighted by atomic mass is 79.9. The first kappa shape index (κ1) is 17.2. The van der Waals surface area contributed by atoms with Crippen LogP contribution >= 0.6 is 15.9 Å². The van der Waals surface area contributed by atoms with Crippen LogP contribution in [0, 0.1) is 0 Å². The first-order valence-electron chi connectivity index (χ1n) is 7.30. The first-order chi connectivity index (χ1) is 11.0. The number of carbonyl (C=O) groups is 1. The van der Waals surface area contributed by atoms with Gasteiger partial charge in [-0.25, -0.2) is 4.79 Å². The summed E-state index contributed by atoms with van der Waals surface area (Å²) in [6, 6.07) is 8.99. The second-order valence-electron chi connectivity index (χ2n) is 5.02. The van der Waals surface area contributed by atoms with Crippen LogP contribution in [0.4, 0.5) is 0 Å². The normalized spacial score (nSPS) is 11.8. The number of rotatable bonds is 5. The number of esters is 1. The minimum Gasteiger partial charge on any atom is -0.462 e. The quantitative estimate of drug-likeness (QED) is 0.581. The number of halogens is 1.